The summed E-state index contributed by atoms with van der Waals surface area (Å²) >= 11 is 0. The second-order valence-corrected chi connectivity index (χ2v) is 5.85. The summed E-state index contributed by atoms with van der Waals surface area (Å²) in [6, 6.07) is 0.257. The van der Waals surface area contributed by atoms with E-state index in [1.807, 2.05) is 4.90 Å². The van der Waals surface area contributed by atoms with E-state index in [1.54, 1.807) is 0 Å². The van der Waals surface area contributed by atoms with Crippen molar-refractivity contribution in [2.24, 2.45) is 17.1 Å². The summed E-state index contributed by atoms with van der Waals surface area (Å²) in [4.78, 5) is 14.4. The maximum Gasteiger partial charge on any atom is 0.226 e. The first-order chi connectivity index (χ1) is 7.40. The molecule has 0 aromatic rings. The molecule has 0 radical (unpaired) electrons. The molecule has 1 fully saturated rings. The predicted molar refractivity (Wildman–Crippen MR) is 67.0 cm³/mol. The molecule has 1 aliphatic rings. The van der Waals surface area contributed by atoms with Crippen molar-refractivity contribution in [2.75, 3.05) is 13.1 Å². The molecular weight excluding hydrogens is 200 g/mol. The fourth-order valence-electron chi connectivity index (χ4n) is 2.75. The molecule has 1 amide bonds. The van der Waals surface area contributed by atoms with Crippen LogP contribution in [0.5, 0.6) is 0 Å². The lowest BCUT2D eigenvalue weighted by Crippen LogP contribution is -2.45. The molecule has 1 aliphatic carbocycles. The van der Waals surface area contributed by atoms with Gasteiger partial charge in [-0.25, -0.2) is 0 Å². The van der Waals surface area contributed by atoms with Crippen LogP contribution in [0.3, 0.4) is 0 Å². The van der Waals surface area contributed by atoms with Crippen LogP contribution in [0.1, 0.15) is 47.0 Å². The molecule has 1 unspecified atom stereocenters. The molecule has 0 saturated heterocycles. The largest absolute Gasteiger partial charge is 0.339 e. The summed E-state index contributed by atoms with van der Waals surface area (Å²) in [5.41, 5.74) is 5.74. The monoisotopic (exact) mass is 226 g/mol. The predicted octanol–water partition coefficient (Wildman–Crippen LogP) is 2.01. The minimum absolute atomic E-state index is 0.165. The minimum atomic E-state index is 0.165. The molecule has 3 heteroatoms. The molecule has 0 aliphatic heterocycles. The minimum Gasteiger partial charge on any atom is -0.339 e. The summed E-state index contributed by atoms with van der Waals surface area (Å²) in [7, 11) is 0. The Kier molecular flexibility index (Phi) is 4.36. The Balaban J connectivity index is 2.74. The number of hydrogen-bond acceptors (Lipinski definition) is 2. The lowest BCUT2D eigenvalue weighted by atomic mass is 9.81. The Hall–Kier alpha value is -0.570. The van der Waals surface area contributed by atoms with Crippen LogP contribution in [0, 0.1) is 11.3 Å². The van der Waals surface area contributed by atoms with E-state index in [4.69, 9.17) is 5.73 Å². The van der Waals surface area contributed by atoms with Crippen LogP contribution in [0.15, 0.2) is 0 Å². The maximum absolute atomic E-state index is 12.5. The Morgan fingerprint density at radius 1 is 1.50 bits per heavy atom. The van der Waals surface area contributed by atoms with Gasteiger partial charge in [0.1, 0.15) is 0 Å². The van der Waals surface area contributed by atoms with Crippen LogP contribution in [0.2, 0.25) is 0 Å². The van der Waals surface area contributed by atoms with Crippen molar-refractivity contribution < 1.29 is 4.79 Å². The van der Waals surface area contributed by atoms with Crippen molar-refractivity contribution in [2.45, 2.75) is 53.0 Å². The van der Waals surface area contributed by atoms with E-state index in [0.717, 1.165) is 12.8 Å². The summed E-state index contributed by atoms with van der Waals surface area (Å²) in [6.45, 7) is 9.79. The van der Waals surface area contributed by atoms with Crippen molar-refractivity contribution in [3.63, 3.8) is 0 Å². The van der Waals surface area contributed by atoms with E-state index in [2.05, 4.69) is 27.7 Å². The van der Waals surface area contributed by atoms with E-state index in [9.17, 15) is 4.79 Å². The van der Waals surface area contributed by atoms with E-state index >= 15 is 0 Å². The molecule has 1 rings (SSSR count). The third kappa shape index (κ3) is 2.76. The summed E-state index contributed by atoms with van der Waals surface area (Å²) < 4.78 is 0. The van der Waals surface area contributed by atoms with Gasteiger partial charge in [0, 0.05) is 25.0 Å². The zero-order valence-electron chi connectivity index (χ0n) is 11.1. The van der Waals surface area contributed by atoms with E-state index in [0.29, 0.717) is 19.0 Å². The second-order valence-electron chi connectivity index (χ2n) is 5.85. The van der Waals surface area contributed by atoms with Gasteiger partial charge in [-0.05, 0) is 32.1 Å². The van der Waals surface area contributed by atoms with E-state index in [-0.39, 0.29) is 17.4 Å². The molecule has 2 N–H and O–H groups in total. The first kappa shape index (κ1) is 13.5. The lowest BCUT2D eigenvalue weighted by Gasteiger charge is -2.34. The smallest absolute Gasteiger partial charge is 0.226 e. The Bertz CT molecular complexity index is 248. The third-order valence-corrected chi connectivity index (χ3v) is 3.83. The number of carbonyl (C=O) groups excluding carboxylic acids is 1. The van der Waals surface area contributed by atoms with Gasteiger partial charge in [0.2, 0.25) is 5.91 Å². The Labute approximate surface area is 99.4 Å². The average molecular weight is 226 g/mol. The Morgan fingerprint density at radius 3 is 2.50 bits per heavy atom. The van der Waals surface area contributed by atoms with Crippen LogP contribution >= 0.6 is 0 Å². The zero-order valence-corrected chi connectivity index (χ0v) is 11.1. The van der Waals surface area contributed by atoms with Crippen molar-refractivity contribution in [3.05, 3.63) is 0 Å². The van der Waals surface area contributed by atoms with Gasteiger partial charge in [-0.2, -0.15) is 0 Å². The highest BCUT2D eigenvalue weighted by atomic mass is 16.2. The van der Waals surface area contributed by atoms with Crippen molar-refractivity contribution in [1.29, 1.82) is 0 Å². The summed E-state index contributed by atoms with van der Waals surface area (Å²) in [6.07, 6.45) is 3.38. The molecule has 3 nitrogen and oxygen atoms in total. The molecule has 1 saturated carbocycles. The van der Waals surface area contributed by atoms with Crippen LogP contribution in [0.25, 0.3) is 0 Å². The first-order valence-electron chi connectivity index (χ1n) is 6.40. The molecule has 0 heterocycles. The van der Waals surface area contributed by atoms with Gasteiger partial charge >= 0.3 is 0 Å². The highest BCUT2D eigenvalue weighted by Gasteiger charge is 2.41. The molecule has 0 aromatic carbocycles. The topological polar surface area (TPSA) is 46.3 Å². The van der Waals surface area contributed by atoms with Crippen molar-refractivity contribution in [1.82, 2.24) is 4.90 Å². The first-order valence-corrected chi connectivity index (χ1v) is 6.40. The standard InChI is InChI=1S/C13H26N2O/c1-10(2)15(9-8-14)12(16)11-6-5-7-13(11,3)4/h10-11H,5-9,14H2,1-4H3. The molecule has 1 atom stereocenters. The Morgan fingerprint density at radius 2 is 2.12 bits per heavy atom. The third-order valence-electron chi connectivity index (χ3n) is 3.83. The van der Waals surface area contributed by atoms with Gasteiger partial charge < -0.3 is 10.6 Å². The highest BCUT2D eigenvalue weighted by Crippen LogP contribution is 2.43. The van der Waals surface area contributed by atoms with Crippen LogP contribution in [0.4, 0.5) is 0 Å². The molecule has 16 heavy (non-hydrogen) atoms. The zero-order chi connectivity index (χ0) is 12.3. The van der Waals surface area contributed by atoms with Crippen molar-refractivity contribution in [3.8, 4) is 0 Å². The quantitative estimate of drug-likeness (QED) is 0.797. The summed E-state index contributed by atoms with van der Waals surface area (Å²) in [5, 5.41) is 0. The SMILES string of the molecule is CC(C)N(CCN)C(=O)C1CCCC1(C)C. The fraction of sp³-hybridized carbons (Fsp3) is 0.923. The molecule has 0 aromatic heterocycles. The van der Waals surface area contributed by atoms with Gasteiger partial charge in [-0.1, -0.05) is 20.3 Å². The molecule has 94 valence electrons. The van der Waals surface area contributed by atoms with E-state index < -0.39 is 0 Å². The molecule has 0 spiro atoms. The molecule has 0 bridgehead atoms. The normalized spacial score (nSPS) is 23.8. The van der Waals surface area contributed by atoms with Gasteiger partial charge in [-0.15, -0.1) is 0 Å². The summed E-state index contributed by atoms with van der Waals surface area (Å²) in [5.74, 6) is 0.504. The maximum atomic E-state index is 12.5. The number of nitrogens with two attached hydrogens (primary N) is 1. The highest BCUT2D eigenvalue weighted by molar-refractivity contribution is 5.80. The van der Waals surface area contributed by atoms with E-state index in [1.165, 1.54) is 6.42 Å². The van der Waals surface area contributed by atoms with Crippen LogP contribution < -0.4 is 5.73 Å². The fourth-order valence-corrected chi connectivity index (χ4v) is 2.75. The second kappa shape index (κ2) is 5.17. The van der Waals surface area contributed by atoms with Gasteiger partial charge in [0.15, 0.2) is 0 Å². The number of carbonyl (C=O) groups is 1. The number of nitrogens with zero attached hydrogens (tertiary/aromatic N) is 1. The van der Waals surface area contributed by atoms with Crippen LogP contribution in [-0.2, 0) is 4.79 Å². The molecular formula is C13H26N2O. The van der Waals surface area contributed by atoms with Gasteiger partial charge in [-0.3, -0.25) is 4.79 Å². The van der Waals surface area contributed by atoms with Crippen molar-refractivity contribution >= 4 is 5.91 Å². The van der Waals surface area contributed by atoms with Crippen LogP contribution in [-0.4, -0.2) is 29.9 Å². The average Bonchev–Trinajstić information content (AvgIpc) is 2.53. The number of hydrogen-bond donors (Lipinski definition) is 1. The van der Waals surface area contributed by atoms with Gasteiger partial charge in [0.25, 0.3) is 0 Å². The lowest BCUT2D eigenvalue weighted by molar-refractivity contribution is -0.140. The number of rotatable bonds is 4. The van der Waals surface area contributed by atoms with Gasteiger partial charge in [0.05, 0.1) is 0 Å². The number of amides is 1.